The number of carboxylic acid groups (broad SMARTS) is 1. The second-order valence-corrected chi connectivity index (χ2v) is 9.94. The number of aromatic nitrogens is 1. The summed E-state index contributed by atoms with van der Waals surface area (Å²) in [5, 5.41) is 20.1. The van der Waals surface area contributed by atoms with E-state index >= 15 is 0 Å². The van der Waals surface area contributed by atoms with Crippen LogP contribution in [0.1, 0.15) is 54.9 Å². The number of benzene rings is 2. The molecule has 3 aromatic carbocycles. The van der Waals surface area contributed by atoms with Crippen LogP contribution >= 0.6 is 0 Å². The first kappa shape index (κ1) is 29.2. The van der Waals surface area contributed by atoms with Gasteiger partial charge < -0.3 is 26.0 Å². The summed E-state index contributed by atoms with van der Waals surface area (Å²) in [7, 11) is 0. The van der Waals surface area contributed by atoms with Crippen molar-refractivity contribution >= 4 is 45.4 Å². The molecule has 0 aliphatic carbocycles. The highest BCUT2D eigenvalue weighted by Gasteiger charge is 2.28. The van der Waals surface area contributed by atoms with Crippen LogP contribution in [0.3, 0.4) is 0 Å². The van der Waals surface area contributed by atoms with Crippen LogP contribution in [0.2, 0.25) is 0 Å². The molecular weight excluding hydrogens is 520 g/mol. The van der Waals surface area contributed by atoms with E-state index in [1.54, 1.807) is 18.2 Å². The minimum absolute atomic E-state index is 0.135. The molecule has 3 amide bonds. The lowest BCUT2D eigenvalue weighted by Crippen LogP contribution is -2.54. The Morgan fingerprint density at radius 2 is 1.66 bits per heavy atom. The number of nitrogens with one attached hydrogen (secondary N) is 4. The number of unbranched alkanes of at least 4 members (excludes halogenated alkanes) is 1. The molecule has 0 saturated carbocycles. The molecule has 2 atom stereocenters. The number of hydrogen-bond donors (Lipinski definition) is 5. The second kappa shape index (κ2) is 14.0. The Hall–Kier alpha value is -4.84. The third kappa shape index (κ3) is 7.63. The molecule has 2 unspecified atom stereocenters. The number of aliphatic carboxylic acids is 1. The summed E-state index contributed by atoms with van der Waals surface area (Å²) in [5.41, 5.74) is 2.30. The molecule has 4 rings (SSSR count). The van der Waals surface area contributed by atoms with Crippen LogP contribution in [0.5, 0.6) is 0 Å². The van der Waals surface area contributed by atoms with Crippen molar-refractivity contribution in [2.75, 3.05) is 6.54 Å². The van der Waals surface area contributed by atoms with Crippen molar-refractivity contribution in [3.8, 4) is 0 Å². The van der Waals surface area contributed by atoms with Crippen molar-refractivity contribution in [2.24, 2.45) is 0 Å². The number of aromatic amines is 1. The average Bonchev–Trinajstić information content (AvgIpc) is 3.39. The summed E-state index contributed by atoms with van der Waals surface area (Å²) in [5.74, 6) is -2.61. The lowest BCUT2D eigenvalue weighted by Gasteiger charge is -2.23. The van der Waals surface area contributed by atoms with Gasteiger partial charge in [0.05, 0.1) is 5.56 Å². The number of hydrogen-bond acceptors (Lipinski definition) is 4. The van der Waals surface area contributed by atoms with E-state index in [0.29, 0.717) is 31.2 Å². The van der Waals surface area contributed by atoms with Crippen molar-refractivity contribution in [1.29, 1.82) is 0 Å². The molecule has 9 heteroatoms. The lowest BCUT2D eigenvalue weighted by molar-refractivity contribution is -0.137. The zero-order valence-corrected chi connectivity index (χ0v) is 23.0. The summed E-state index contributed by atoms with van der Waals surface area (Å²) in [6.45, 7) is 2.37. The van der Waals surface area contributed by atoms with E-state index < -0.39 is 29.9 Å². The maximum atomic E-state index is 13.4. The molecular formula is C32H34N4O5. The largest absolute Gasteiger partial charge is 0.481 e. The predicted octanol–water partition coefficient (Wildman–Crippen LogP) is 3.92. The summed E-state index contributed by atoms with van der Waals surface area (Å²) in [6, 6.07) is 20.5. The van der Waals surface area contributed by atoms with Crippen molar-refractivity contribution < 1.29 is 24.3 Å². The van der Waals surface area contributed by atoms with Crippen LogP contribution < -0.4 is 16.0 Å². The van der Waals surface area contributed by atoms with Crippen molar-refractivity contribution in [3.63, 3.8) is 0 Å². The first-order valence-electron chi connectivity index (χ1n) is 13.8. The van der Waals surface area contributed by atoms with E-state index in [1.165, 1.54) is 0 Å². The van der Waals surface area contributed by atoms with Gasteiger partial charge in [0.25, 0.3) is 5.91 Å². The van der Waals surface area contributed by atoms with Crippen molar-refractivity contribution in [2.45, 2.75) is 57.5 Å². The van der Waals surface area contributed by atoms with Crippen LogP contribution in [0.4, 0.5) is 0 Å². The Balaban J connectivity index is 1.43. The molecule has 0 radical (unpaired) electrons. The first-order chi connectivity index (χ1) is 19.9. The van der Waals surface area contributed by atoms with Crippen LogP contribution in [0.15, 0.2) is 60.8 Å². The van der Waals surface area contributed by atoms with Crippen LogP contribution in [0.25, 0.3) is 21.7 Å². The second-order valence-electron chi connectivity index (χ2n) is 9.94. The maximum absolute atomic E-state index is 13.4. The predicted molar refractivity (Wildman–Crippen MR) is 156 cm³/mol. The molecule has 5 N–H and O–H groups in total. The molecule has 0 saturated heterocycles. The van der Waals surface area contributed by atoms with E-state index in [0.717, 1.165) is 28.3 Å². The van der Waals surface area contributed by atoms with Gasteiger partial charge in [-0.25, -0.2) is 0 Å². The summed E-state index contributed by atoms with van der Waals surface area (Å²) >= 11 is 0. The highest BCUT2D eigenvalue weighted by atomic mass is 16.4. The fourth-order valence-electron chi connectivity index (χ4n) is 4.78. The number of carbonyl (C=O) groups excluding carboxylic acids is 3. The molecule has 0 fully saturated rings. The molecule has 0 aliphatic heterocycles. The van der Waals surface area contributed by atoms with Gasteiger partial charge in [-0.1, -0.05) is 74.4 Å². The monoisotopic (exact) mass is 554 g/mol. The van der Waals surface area contributed by atoms with Crippen molar-refractivity contribution in [1.82, 2.24) is 20.9 Å². The fourth-order valence-corrected chi connectivity index (χ4v) is 4.78. The molecule has 41 heavy (non-hydrogen) atoms. The molecule has 0 spiro atoms. The SMILES string of the molecule is CCCCC(NC(=O)C(CCC(=O)O)NC(=O)c1c#ccc2ccccc12)C(=O)NCCc1c[nH]c2ccccc12. The summed E-state index contributed by atoms with van der Waals surface area (Å²) < 4.78 is 0. The van der Waals surface area contributed by atoms with Crippen LogP contribution in [-0.2, 0) is 20.8 Å². The smallest absolute Gasteiger partial charge is 0.303 e. The molecule has 0 bridgehead atoms. The van der Waals surface area contributed by atoms with Gasteiger partial charge in [0.2, 0.25) is 11.8 Å². The number of fused-ring (bicyclic) bond motifs is 2. The Morgan fingerprint density at radius 1 is 0.927 bits per heavy atom. The molecule has 212 valence electrons. The highest BCUT2D eigenvalue weighted by molar-refractivity contribution is 6.07. The fraction of sp³-hybridized carbons (Fsp3) is 0.312. The lowest BCUT2D eigenvalue weighted by atomic mass is 10.0. The summed E-state index contributed by atoms with van der Waals surface area (Å²) in [6.07, 6.45) is 4.00. The number of H-pyrrole nitrogens is 1. The first-order valence-corrected chi connectivity index (χ1v) is 13.8. The Bertz CT molecular complexity index is 1520. The number of rotatable bonds is 14. The van der Waals surface area contributed by atoms with Gasteiger partial charge >= 0.3 is 5.97 Å². The third-order valence-corrected chi connectivity index (χ3v) is 7.00. The van der Waals surface area contributed by atoms with Gasteiger partial charge in [-0.05, 0) is 42.3 Å². The third-order valence-electron chi connectivity index (χ3n) is 7.00. The number of carboxylic acids is 1. The minimum Gasteiger partial charge on any atom is -0.481 e. The molecule has 0 aliphatic rings. The van der Waals surface area contributed by atoms with Gasteiger partial charge in [0.15, 0.2) is 0 Å². The van der Waals surface area contributed by atoms with E-state index in [2.05, 4.69) is 33.1 Å². The Morgan fingerprint density at radius 3 is 2.44 bits per heavy atom. The zero-order chi connectivity index (χ0) is 29.2. The Labute approximate surface area is 238 Å². The van der Waals surface area contributed by atoms with Crippen molar-refractivity contribution in [3.05, 3.63) is 84.1 Å². The van der Waals surface area contributed by atoms with E-state index in [1.807, 2.05) is 49.5 Å². The van der Waals surface area contributed by atoms with Gasteiger partial charge in [-0.15, -0.1) is 0 Å². The Kier molecular flexibility index (Phi) is 9.94. The topological polar surface area (TPSA) is 140 Å². The van der Waals surface area contributed by atoms with E-state index in [4.69, 9.17) is 0 Å². The van der Waals surface area contributed by atoms with E-state index in [9.17, 15) is 24.3 Å². The number of para-hydroxylation sites is 1. The number of amides is 3. The maximum Gasteiger partial charge on any atom is 0.303 e. The van der Waals surface area contributed by atoms with Gasteiger partial charge in [-0.2, -0.15) is 0 Å². The standard InChI is InChI=1S/C32H34N4O5/c1-2-3-14-27(31(40)33-19-18-22-20-34-26-15-7-6-12-24(22)26)36-32(41)28(16-17-29(37)38)35-30(39)25-13-8-10-21-9-4-5-11-23(21)25/h4-7,9-12,15,20,27-28,34H,2-3,14,16-19H2,1H3,(H,33,40)(H,35,39)(H,36,41)(H,37,38). The van der Waals surface area contributed by atoms with Gasteiger partial charge in [0.1, 0.15) is 12.1 Å². The molecule has 1 heterocycles. The van der Waals surface area contributed by atoms with Gasteiger partial charge in [0, 0.05) is 35.5 Å². The quantitative estimate of drug-likeness (QED) is 0.161. The van der Waals surface area contributed by atoms with Crippen LogP contribution in [-0.4, -0.2) is 52.4 Å². The van der Waals surface area contributed by atoms with Gasteiger partial charge in [-0.3, -0.25) is 19.2 Å². The highest BCUT2D eigenvalue weighted by Crippen LogP contribution is 2.18. The summed E-state index contributed by atoms with van der Waals surface area (Å²) in [4.78, 5) is 54.2. The average molecular weight is 555 g/mol. The normalized spacial score (nSPS) is 12.3. The molecule has 9 nitrogen and oxygen atoms in total. The molecule has 1 aromatic heterocycles. The zero-order valence-electron chi connectivity index (χ0n) is 23.0. The molecule has 4 aromatic rings. The van der Waals surface area contributed by atoms with Crippen LogP contribution in [0, 0.1) is 12.1 Å². The minimum atomic E-state index is -1.16. The van der Waals surface area contributed by atoms with E-state index in [-0.39, 0.29) is 24.3 Å². The number of carbonyl (C=O) groups is 4.